The molecule has 0 aliphatic carbocycles. The average Bonchev–Trinajstić information content (AvgIpc) is 2.95. The predicted molar refractivity (Wildman–Crippen MR) is 93.3 cm³/mol. The summed E-state index contributed by atoms with van der Waals surface area (Å²) in [5.74, 6) is 2.39. The maximum Gasteiger partial charge on any atom is 0.180 e. The predicted octanol–water partition coefficient (Wildman–Crippen LogP) is 4.15. The van der Waals surface area contributed by atoms with Crippen molar-refractivity contribution in [2.24, 2.45) is 0 Å². The van der Waals surface area contributed by atoms with Gasteiger partial charge in [0, 0.05) is 24.5 Å². The second kappa shape index (κ2) is 6.50. The molecule has 0 atom stereocenters. The lowest BCUT2D eigenvalue weighted by molar-refractivity contribution is 0.485. The maximum absolute atomic E-state index is 5.58. The SMILES string of the molecule is Cc1nc(-c2ccccn2)nc(N(C)Cc2ccc(Br)o2)c1C. The van der Waals surface area contributed by atoms with Crippen molar-refractivity contribution in [3.8, 4) is 11.5 Å². The largest absolute Gasteiger partial charge is 0.452 e. The second-order valence-electron chi connectivity index (χ2n) is 5.36. The van der Waals surface area contributed by atoms with Crippen LogP contribution in [0.4, 0.5) is 5.82 Å². The van der Waals surface area contributed by atoms with Gasteiger partial charge in [-0.15, -0.1) is 0 Å². The molecular formula is C17H17BrN4O. The van der Waals surface area contributed by atoms with E-state index in [1.165, 1.54) is 0 Å². The molecule has 0 N–H and O–H groups in total. The molecule has 3 aromatic rings. The fourth-order valence-electron chi connectivity index (χ4n) is 2.34. The molecule has 0 aromatic carbocycles. The lowest BCUT2D eigenvalue weighted by Crippen LogP contribution is -2.20. The number of hydrogen-bond acceptors (Lipinski definition) is 5. The Balaban J connectivity index is 1.96. The third kappa shape index (κ3) is 3.42. The zero-order chi connectivity index (χ0) is 16.4. The smallest absolute Gasteiger partial charge is 0.180 e. The number of hydrogen-bond donors (Lipinski definition) is 0. The molecule has 0 amide bonds. The van der Waals surface area contributed by atoms with Crippen LogP contribution in [0, 0.1) is 13.8 Å². The van der Waals surface area contributed by atoms with Crippen molar-refractivity contribution in [1.29, 1.82) is 0 Å². The number of aromatic nitrogens is 3. The lowest BCUT2D eigenvalue weighted by atomic mass is 10.2. The number of aryl methyl sites for hydroxylation is 1. The van der Waals surface area contributed by atoms with Gasteiger partial charge in [-0.1, -0.05) is 6.07 Å². The topological polar surface area (TPSA) is 55.1 Å². The molecule has 0 bridgehead atoms. The number of furan rings is 1. The van der Waals surface area contributed by atoms with E-state index in [0.717, 1.165) is 33.2 Å². The lowest BCUT2D eigenvalue weighted by Gasteiger charge is -2.20. The van der Waals surface area contributed by atoms with Gasteiger partial charge in [-0.05, 0) is 54.0 Å². The molecule has 0 saturated carbocycles. The van der Waals surface area contributed by atoms with Gasteiger partial charge in [-0.2, -0.15) is 0 Å². The van der Waals surface area contributed by atoms with E-state index in [2.05, 4.69) is 30.8 Å². The Morgan fingerprint density at radius 1 is 1.13 bits per heavy atom. The minimum Gasteiger partial charge on any atom is -0.452 e. The van der Waals surface area contributed by atoms with Crippen LogP contribution in [0.25, 0.3) is 11.5 Å². The van der Waals surface area contributed by atoms with Crippen LogP contribution in [0.15, 0.2) is 45.6 Å². The van der Waals surface area contributed by atoms with Crippen molar-refractivity contribution in [1.82, 2.24) is 15.0 Å². The summed E-state index contributed by atoms with van der Waals surface area (Å²) >= 11 is 3.33. The highest BCUT2D eigenvalue weighted by Gasteiger charge is 2.15. The quantitative estimate of drug-likeness (QED) is 0.688. The molecule has 0 spiro atoms. The third-order valence-electron chi connectivity index (χ3n) is 3.64. The first-order valence-corrected chi connectivity index (χ1v) is 8.06. The van der Waals surface area contributed by atoms with E-state index < -0.39 is 0 Å². The standard InChI is InChI=1S/C17H17BrN4O/c1-11-12(2)20-16(14-6-4-5-9-19-14)21-17(11)22(3)10-13-7-8-15(18)23-13/h4-9H,10H2,1-3H3. The number of rotatable bonds is 4. The normalized spacial score (nSPS) is 10.8. The van der Waals surface area contributed by atoms with Gasteiger partial charge in [0.1, 0.15) is 17.3 Å². The number of nitrogens with zero attached hydrogens (tertiary/aromatic N) is 4. The highest BCUT2D eigenvalue weighted by atomic mass is 79.9. The van der Waals surface area contributed by atoms with Gasteiger partial charge in [0.25, 0.3) is 0 Å². The molecule has 0 unspecified atom stereocenters. The highest BCUT2D eigenvalue weighted by molar-refractivity contribution is 9.10. The van der Waals surface area contributed by atoms with Crippen molar-refractivity contribution in [2.45, 2.75) is 20.4 Å². The van der Waals surface area contributed by atoms with Crippen LogP contribution in [-0.4, -0.2) is 22.0 Å². The first kappa shape index (κ1) is 15.7. The Hall–Kier alpha value is -2.21. The maximum atomic E-state index is 5.58. The van der Waals surface area contributed by atoms with E-state index >= 15 is 0 Å². The van der Waals surface area contributed by atoms with Crippen LogP contribution in [0.3, 0.4) is 0 Å². The fourth-order valence-corrected chi connectivity index (χ4v) is 2.68. The third-order valence-corrected chi connectivity index (χ3v) is 4.07. The van der Waals surface area contributed by atoms with E-state index in [9.17, 15) is 0 Å². The van der Waals surface area contributed by atoms with E-state index in [4.69, 9.17) is 9.40 Å². The van der Waals surface area contributed by atoms with Crippen molar-refractivity contribution < 1.29 is 4.42 Å². The Labute approximate surface area is 143 Å². The first-order chi connectivity index (χ1) is 11.0. The molecule has 6 heteroatoms. The molecular weight excluding hydrogens is 356 g/mol. The molecule has 0 aliphatic heterocycles. The fraction of sp³-hybridized carbons (Fsp3) is 0.235. The summed E-state index contributed by atoms with van der Waals surface area (Å²) in [6.45, 7) is 4.65. The molecule has 23 heavy (non-hydrogen) atoms. The van der Waals surface area contributed by atoms with Crippen LogP contribution in [0.2, 0.25) is 0 Å². The molecule has 0 radical (unpaired) electrons. The monoisotopic (exact) mass is 372 g/mol. The van der Waals surface area contributed by atoms with E-state index in [1.807, 2.05) is 51.2 Å². The Morgan fingerprint density at radius 3 is 2.61 bits per heavy atom. The zero-order valence-corrected chi connectivity index (χ0v) is 14.8. The van der Waals surface area contributed by atoms with Gasteiger partial charge in [-0.25, -0.2) is 9.97 Å². The van der Waals surface area contributed by atoms with Gasteiger partial charge in [-0.3, -0.25) is 4.98 Å². The van der Waals surface area contributed by atoms with E-state index in [-0.39, 0.29) is 0 Å². The molecule has 0 aliphatic rings. The van der Waals surface area contributed by atoms with Crippen LogP contribution in [0.5, 0.6) is 0 Å². The summed E-state index contributed by atoms with van der Waals surface area (Å²) in [5.41, 5.74) is 2.77. The Kier molecular flexibility index (Phi) is 4.43. The number of anilines is 1. The summed E-state index contributed by atoms with van der Waals surface area (Å²) in [6.07, 6.45) is 1.75. The molecule has 118 valence electrons. The molecule has 3 aromatic heterocycles. The summed E-state index contributed by atoms with van der Waals surface area (Å²) < 4.78 is 6.31. The van der Waals surface area contributed by atoms with Crippen molar-refractivity contribution in [3.05, 3.63) is 58.2 Å². The Bertz CT molecular complexity index is 817. The van der Waals surface area contributed by atoms with Gasteiger partial charge in [0.2, 0.25) is 0 Å². The zero-order valence-electron chi connectivity index (χ0n) is 13.2. The summed E-state index contributed by atoms with van der Waals surface area (Å²) in [7, 11) is 1.99. The minimum absolute atomic E-state index is 0.630. The van der Waals surface area contributed by atoms with Gasteiger partial charge in [0.05, 0.1) is 6.54 Å². The van der Waals surface area contributed by atoms with Crippen molar-refractivity contribution in [3.63, 3.8) is 0 Å². The molecule has 5 nitrogen and oxygen atoms in total. The second-order valence-corrected chi connectivity index (χ2v) is 6.14. The molecule has 0 fully saturated rings. The van der Waals surface area contributed by atoms with Gasteiger partial charge >= 0.3 is 0 Å². The van der Waals surface area contributed by atoms with E-state index in [1.54, 1.807) is 6.20 Å². The van der Waals surface area contributed by atoms with Crippen molar-refractivity contribution in [2.75, 3.05) is 11.9 Å². The molecule has 3 heterocycles. The van der Waals surface area contributed by atoms with Crippen LogP contribution < -0.4 is 4.90 Å². The van der Waals surface area contributed by atoms with Crippen LogP contribution in [0.1, 0.15) is 17.0 Å². The van der Waals surface area contributed by atoms with Crippen molar-refractivity contribution >= 4 is 21.7 Å². The minimum atomic E-state index is 0.630. The Morgan fingerprint density at radius 2 is 1.96 bits per heavy atom. The van der Waals surface area contributed by atoms with Gasteiger partial charge < -0.3 is 9.32 Å². The summed E-state index contributed by atoms with van der Waals surface area (Å²) in [6, 6.07) is 9.57. The molecule has 3 rings (SSSR count). The first-order valence-electron chi connectivity index (χ1n) is 7.26. The average molecular weight is 373 g/mol. The van der Waals surface area contributed by atoms with E-state index in [0.29, 0.717) is 12.4 Å². The molecule has 0 saturated heterocycles. The summed E-state index contributed by atoms with van der Waals surface area (Å²) in [5, 5.41) is 0. The van der Waals surface area contributed by atoms with Gasteiger partial charge in [0.15, 0.2) is 10.5 Å². The number of halogens is 1. The summed E-state index contributed by atoms with van der Waals surface area (Å²) in [4.78, 5) is 15.7. The highest BCUT2D eigenvalue weighted by Crippen LogP contribution is 2.24. The van der Waals surface area contributed by atoms with Crippen LogP contribution in [-0.2, 0) is 6.54 Å². The van der Waals surface area contributed by atoms with Crippen LogP contribution >= 0.6 is 15.9 Å². The number of pyridine rings is 1.